The number of benzene rings is 11. The highest BCUT2D eigenvalue weighted by molar-refractivity contribution is 6.27. The third-order valence-corrected chi connectivity index (χ3v) is 17.3. The summed E-state index contributed by atoms with van der Waals surface area (Å²) in [7, 11) is 0. The molecule has 0 amide bonds. The highest BCUT2D eigenvalue weighted by atomic mass is 15.0. The second-order valence-corrected chi connectivity index (χ2v) is 22.1. The van der Waals surface area contributed by atoms with Gasteiger partial charge in [0.15, 0.2) is 5.82 Å². The van der Waals surface area contributed by atoms with Crippen molar-refractivity contribution < 1.29 is 0 Å². The zero-order chi connectivity index (χ0) is 50.6. The third-order valence-electron chi connectivity index (χ3n) is 17.3. The Labute approximate surface area is 440 Å². The molecule has 11 aromatic carbocycles. The van der Waals surface area contributed by atoms with Gasteiger partial charge in [0.05, 0.1) is 33.3 Å². The van der Waals surface area contributed by atoms with Crippen LogP contribution in [0.2, 0.25) is 0 Å². The highest BCUT2D eigenvalue weighted by Gasteiger charge is 2.37. The van der Waals surface area contributed by atoms with Gasteiger partial charge in [-0.3, -0.25) is 0 Å². The summed E-state index contributed by atoms with van der Waals surface area (Å²) in [5.74, 6) is 0.726. The molecule has 2 aliphatic rings. The van der Waals surface area contributed by atoms with Gasteiger partial charge in [-0.15, -0.1) is 0 Å². The molecule has 0 fully saturated rings. The lowest BCUT2D eigenvalue weighted by atomic mass is 9.81. The second kappa shape index (κ2) is 15.6. The topological polar surface area (TPSA) is 35.6 Å². The van der Waals surface area contributed by atoms with E-state index >= 15 is 0 Å². The van der Waals surface area contributed by atoms with Crippen molar-refractivity contribution in [2.75, 3.05) is 0 Å². The Bertz CT molecular complexity index is 4800. The summed E-state index contributed by atoms with van der Waals surface area (Å²) in [4.78, 5) is 11.1. The molecule has 0 saturated carbocycles. The Balaban J connectivity index is 0.954. The van der Waals surface area contributed by atoms with E-state index in [1.54, 1.807) is 0 Å². The van der Waals surface area contributed by atoms with Crippen molar-refractivity contribution in [2.45, 2.75) is 38.5 Å². The first-order valence-corrected chi connectivity index (χ1v) is 26.6. The Morgan fingerprint density at radius 1 is 0.303 bits per heavy atom. The van der Waals surface area contributed by atoms with Gasteiger partial charge in [0.1, 0.15) is 0 Å². The summed E-state index contributed by atoms with van der Waals surface area (Å²) in [6, 6.07) is 85.2. The molecule has 0 saturated heterocycles. The van der Waals surface area contributed by atoms with Crippen molar-refractivity contribution in [3.8, 4) is 67.4 Å². The van der Waals surface area contributed by atoms with Crippen molar-refractivity contribution in [3.63, 3.8) is 0 Å². The number of hydrogen-bond donors (Lipinski definition) is 0. The molecule has 0 bridgehead atoms. The zero-order valence-corrected chi connectivity index (χ0v) is 42.7. The number of fused-ring (bicyclic) bond motifs is 15. The lowest BCUT2D eigenvalue weighted by Crippen LogP contribution is -2.15. The molecule has 0 atom stereocenters. The minimum atomic E-state index is -0.175. The summed E-state index contributed by atoms with van der Waals surface area (Å²) < 4.78 is 4.94. The molecule has 16 rings (SSSR count). The monoisotopic (exact) mass is 970 g/mol. The Hall–Kier alpha value is -9.38. The molecular weight excluding hydrogens is 921 g/mol. The van der Waals surface area contributed by atoms with Gasteiger partial charge in [0.2, 0.25) is 0 Å². The first kappa shape index (κ1) is 43.1. The van der Waals surface area contributed by atoms with Gasteiger partial charge in [-0.2, -0.15) is 0 Å². The quantitative estimate of drug-likeness (QED) is 0.172. The minimum absolute atomic E-state index is 0.153. The predicted molar refractivity (Wildman–Crippen MR) is 317 cm³/mol. The molecule has 4 nitrogen and oxygen atoms in total. The van der Waals surface area contributed by atoms with Crippen LogP contribution in [0.25, 0.3) is 133 Å². The van der Waals surface area contributed by atoms with Crippen molar-refractivity contribution >= 4 is 65.3 Å². The summed E-state index contributed by atoms with van der Waals surface area (Å²) in [6.07, 6.45) is 0. The van der Waals surface area contributed by atoms with E-state index in [1.165, 1.54) is 93.5 Å². The Kier molecular flexibility index (Phi) is 8.83. The van der Waals surface area contributed by atoms with Gasteiger partial charge in [-0.1, -0.05) is 191 Å². The van der Waals surface area contributed by atoms with Crippen molar-refractivity contribution in [3.05, 3.63) is 253 Å². The van der Waals surface area contributed by atoms with Gasteiger partial charge in [0, 0.05) is 60.3 Å². The molecule has 0 aliphatic heterocycles. The van der Waals surface area contributed by atoms with Crippen LogP contribution in [0.15, 0.2) is 231 Å². The van der Waals surface area contributed by atoms with E-state index in [4.69, 9.17) is 9.97 Å². The van der Waals surface area contributed by atoms with E-state index in [0.717, 1.165) is 61.5 Å². The largest absolute Gasteiger partial charge is 0.309 e. The molecule has 0 spiro atoms. The highest BCUT2D eigenvalue weighted by Crippen LogP contribution is 2.52. The summed E-state index contributed by atoms with van der Waals surface area (Å²) in [5, 5.41) is 8.40. The molecule has 76 heavy (non-hydrogen) atoms. The standard InChI is InChI=1S/C72H50N4/c1-71(2)59-28-16-13-24-49(59)51-34-31-44(37-61(51)71)69-57-39-47(33-36-63(57)73-70(74-69)45-32-35-52-50-25-14-17-29-60(50)72(3,4)62(52)38-45)76-64-30-18-15-26-53(64)56-40-58-66(42-65(56)76)75(46-21-9-6-10-22-46)67-41-55(43-19-7-5-8-20-43)48-23-11-12-27-54(48)68(58)67/h5-42H,1-4H3. The maximum atomic E-state index is 5.67. The van der Waals surface area contributed by atoms with E-state index in [1.807, 2.05) is 0 Å². The zero-order valence-electron chi connectivity index (χ0n) is 42.7. The second-order valence-electron chi connectivity index (χ2n) is 22.1. The molecule has 0 unspecified atom stereocenters. The number of rotatable bonds is 5. The van der Waals surface area contributed by atoms with Crippen LogP contribution < -0.4 is 0 Å². The average Bonchev–Trinajstić information content (AvgIpc) is 4.16. The summed E-state index contributed by atoms with van der Waals surface area (Å²) in [6.45, 7) is 9.39. The van der Waals surface area contributed by atoms with E-state index < -0.39 is 0 Å². The average molecular weight is 971 g/mol. The van der Waals surface area contributed by atoms with Crippen molar-refractivity contribution in [1.29, 1.82) is 0 Å². The molecule has 3 aromatic heterocycles. The number of aromatic nitrogens is 4. The molecule has 358 valence electrons. The molecule has 4 heteroatoms. The van der Waals surface area contributed by atoms with Crippen LogP contribution in [0.3, 0.4) is 0 Å². The van der Waals surface area contributed by atoms with Crippen LogP contribution >= 0.6 is 0 Å². The summed E-state index contributed by atoms with van der Waals surface area (Å²) >= 11 is 0. The SMILES string of the molecule is CC1(C)c2ccccc2-c2ccc(-c3nc(-c4ccc5c(c4)C(C)(C)c4ccccc4-5)c4cc(-n5c6ccccc6c6cc7c8c9ccccc9c(-c9ccccc9)cc8n(-c8ccccc8)c7cc65)ccc4n3)cc21. The maximum absolute atomic E-state index is 5.67. The maximum Gasteiger partial charge on any atom is 0.160 e. The molecular formula is C72H50N4. The molecule has 3 heterocycles. The van der Waals surface area contributed by atoms with Gasteiger partial charge in [-0.05, 0) is 133 Å². The fraction of sp³-hybridized carbons (Fsp3) is 0.0833. The normalized spacial score (nSPS) is 14.0. The van der Waals surface area contributed by atoms with Crippen LogP contribution in [0.5, 0.6) is 0 Å². The van der Waals surface area contributed by atoms with Gasteiger partial charge in [0.25, 0.3) is 0 Å². The third kappa shape index (κ3) is 5.95. The molecule has 0 N–H and O–H groups in total. The van der Waals surface area contributed by atoms with Gasteiger partial charge < -0.3 is 9.13 Å². The van der Waals surface area contributed by atoms with E-state index in [9.17, 15) is 0 Å². The van der Waals surface area contributed by atoms with Crippen molar-refractivity contribution in [2.24, 2.45) is 0 Å². The number of nitrogens with zero attached hydrogens (tertiary/aromatic N) is 4. The van der Waals surface area contributed by atoms with Crippen LogP contribution in [0.4, 0.5) is 0 Å². The predicted octanol–water partition coefficient (Wildman–Crippen LogP) is 18.6. The fourth-order valence-electron chi connectivity index (χ4n) is 13.6. The van der Waals surface area contributed by atoms with Gasteiger partial charge in [-0.25, -0.2) is 9.97 Å². The number of para-hydroxylation sites is 2. The Morgan fingerprint density at radius 3 is 1.59 bits per heavy atom. The lowest BCUT2D eigenvalue weighted by molar-refractivity contribution is 0.660. The number of hydrogen-bond acceptors (Lipinski definition) is 2. The molecule has 2 aliphatic carbocycles. The van der Waals surface area contributed by atoms with Crippen LogP contribution in [0.1, 0.15) is 49.9 Å². The lowest BCUT2D eigenvalue weighted by Gasteiger charge is -2.22. The van der Waals surface area contributed by atoms with Crippen LogP contribution in [-0.4, -0.2) is 19.1 Å². The first-order valence-electron chi connectivity index (χ1n) is 26.6. The fourth-order valence-corrected chi connectivity index (χ4v) is 13.6. The first-order chi connectivity index (χ1) is 37.2. The van der Waals surface area contributed by atoms with E-state index in [0.29, 0.717) is 0 Å². The summed E-state index contributed by atoms with van der Waals surface area (Å²) in [5.41, 5.74) is 23.4. The Morgan fingerprint density at radius 2 is 0.868 bits per heavy atom. The van der Waals surface area contributed by atoms with E-state index in [2.05, 4.69) is 267 Å². The van der Waals surface area contributed by atoms with Crippen LogP contribution in [-0.2, 0) is 10.8 Å². The van der Waals surface area contributed by atoms with Crippen molar-refractivity contribution in [1.82, 2.24) is 19.1 Å². The molecule has 0 radical (unpaired) electrons. The van der Waals surface area contributed by atoms with E-state index in [-0.39, 0.29) is 10.8 Å². The van der Waals surface area contributed by atoms with Gasteiger partial charge >= 0.3 is 0 Å². The smallest absolute Gasteiger partial charge is 0.160 e. The minimum Gasteiger partial charge on any atom is -0.309 e. The molecule has 14 aromatic rings. The van der Waals surface area contributed by atoms with Crippen LogP contribution in [0, 0.1) is 0 Å².